The molecule has 0 saturated carbocycles. The number of pyridine rings is 1. The van der Waals surface area contributed by atoms with Crippen molar-refractivity contribution < 1.29 is 9.66 Å². The number of hydrogen-bond acceptors (Lipinski definition) is 6. The Kier molecular flexibility index (Phi) is 6.26. The van der Waals surface area contributed by atoms with Crippen LogP contribution in [-0.4, -0.2) is 29.7 Å². The zero-order valence-electron chi connectivity index (χ0n) is 10.8. The summed E-state index contributed by atoms with van der Waals surface area (Å²) in [5.41, 5.74) is -0.274. The first-order valence-corrected chi connectivity index (χ1v) is 6.05. The quantitative estimate of drug-likeness (QED) is 0.438. The van der Waals surface area contributed by atoms with Crippen molar-refractivity contribution in [1.82, 2.24) is 4.98 Å². The first kappa shape index (κ1) is 14.9. The van der Waals surface area contributed by atoms with E-state index in [1.807, 2.05) is 6.92 Å². The molecule has 1 aromatic heterocycles. The van der Waals surface area contributed by atoms with Crippen LogP contribution >= 0.6 is 0 Å². The van der Waals surface area contributed by atoms with Crippen LogP contribution in [-0.2, 0) is 4.74 Å². The van der Waals surface area contributed by atoms with Gasteiger partial charge in [-0.25, -0.2) is 4.98 Å². The Hall–Kier alpha value is -2.20. The zero-order valence-corrected chi connectivity index (χ0v) is 10.8. The standard InChI is InChI=1S/C12H16N4O3/c1-2-7-19-8-3-5-14-12-11(16(17)18)10(9-13)4-6-15-12/h4,6H,2-3,5,7-8H2,1H3,(H,14,15). The summed E-state index contributed by atoms with van der Waals surface area (Å²) in [6.07, 6.45) is 3.06. The molecule has 0 unspecified atom stereocenters. The second-order valence-corrected chi connectivity index (χ2v) is 3.82. The summed E-state index contributed by atoms with van der Waals surface area (Å²) in [7, 11) is 0. The molecule has 19 heavy (non-hydrogen) atoms. The molecule has 0 aliphatic rings. The van der Waals surface area contributed by atoms with Gasteiger partial charge >= 0.3 is 5.69 Å². The average molecular weight is 264 g/mol. The topological polar surface area (TPSA) is 101 Å². The van der Waals surface area contributed by atoms with Gasteiger partial charge in [-0.3, -0.25) is 10.1 Å². The van der Waals surface area contributed by atoms with Crippen LogP contribution in [0.25, 0.3) is 0 Å². The molecule has 0 saturated heterocycles. The van der Waals surface area contributed by atoms with Crippen molar-refractivity contribution >= 4 is 11.5 Å². The molecule has 0 aliphatic heterocycles. The van der Waals surface area contributed by atoms with Crippen LogP contribution in [0.3, 0.4) is 0 Å². The fourth-order valence-corrected chi connectivity index (χ4v) is 1.49. The van der Waals surface area contributed by atoms with Crippen molar-refractivity contribution in [2.45, 2.75) is 19.8 Å². The van der Waals surface area contributed by atoms with Crippen molar-refractivity contribution in [2.24, 2.45) is 0 Å². The van der Waals surface area contributed by atoms with Crippen LogP contribution in [0.5, 0.6) is 0 Å². The molecule has 102 valence electrons. The number of rotatable bonds is 8. The number of hydrogen-bond donors (Lipinski definition) is 1. The molecule has 0 bridgehead atoms. The third kappa shape index (κ3) is 4.52. The van der Waals surface area contributed by atoms with Gasteiger partial charge < -0.3 is 10.1 Å². The van der Waals surface area contributed by atoms with E-state index in [4.69, 9.17) is 10.00 Å². The number of nitriles is 1. The van der Waals surface area contributed by atoms with Crippen molar-refractivity contribution in [3.63, 3.8) is 0 Å². The SMILES string of the molecule is CCCOCCCNc1nccc(C#N)c1[N+](=O)[O-]. The number of ether oxygens (including phenoxy) is 1. The van der Waals surface area contributed by atoms with Gasteiger partial charge in [0, 0.05) is 26.0 Å². The number of nitrogens with one attached hydrogen (secondary N) is 1. The van der Waals surface area contributed by atoms with Crippen LogP contribution < -0.4 is 5.32 Å². The van der Waals surface area contributed by atoms with Gasteiger partial charge in [-0.05, 0) is 18.9 Å². The maximum absolute atomic E-state index is 10.9. The van der Waals surface area contributed by atoms with Crippen LogP contribution in [0, 0.1) is 21.4 Å². The van der Waals surface area contributed by atoms with E-state index in [0.29, 0.717) is 19.8 Å². The van der Waals surface area contributed by atoms with Gasteiger partial charge in [0.1, 0.15) is 11.6 Å². The number of nitrogens with zero attached hydrogens (tertiary/aromatic N) is 3. The van der Waals surface area contributed by atoms with Crippen LogP contribution in [0.15, 0.2) is 12.3 Å². The Morgan fingerprint density at radius 2 is 2.37 bits per heavy atom. The van der Waals surface area contributed by atoms with Crippen LogP contribution in [0.1, 0.15) is 25.3 Å². The Balaban J connectivity index is 2.59. The van der Waals surface area contributed by atoms with Gasteiger partial charge in [-0.2, -0.15) is 5.26 Å². The molecule has 0 radical (unpaired) electrons. The third-order valence-corrected chi connectivity index (χ3v) is 2.33. The monoisotopic (exact) mass is 264 g/mol. The fourth-order valence-electron chi connectivity index (χ4n) is 1.49. The zero-order chi connectivity index (χ0) is 14.1. The Morgan fingerprint density at radius 3 is 3.00 bits per heavy atom. The smallest absolute Gasteiger partial charge is 0.328 e. The highest BCUT2D eigenvalue weighted by Gasteiger charge is 2.20. The summed E-state index contributed by atoms with van der Waals surface area (Å²) in [5, 5.41) is 22.6. The molecule has 0 amide bonds. The molecular formula is C12H16N4O3. The fraction of sp³-hybridized carbons (Fsp3) is 0.500. The minimum Gasteiger partial charge on any atom is -0.381 e. The summed E-state index contributed by atoms with van der Waals surface area (Å²) in [4.78, 5) is 14.2. The van der Waals surface area contributed by atoms with Crippen molar-refractivity contribution in [1.29, 1.82) is 5.26 Å². The lowest BCUT2D eigenvalue weighted by Crippen LogP contribution is -2.09. The molecule has 7 heteroatoms. The molecule has 1 rings (SSSR count). The van der Waals surface area contributed by atoms with Crippen LogP contribution in [0.2, 0.25) is 0 Å². The van der Waals surface area contributed by atoms with E-state index in [-0.39, 0.29) is 17.1 Å². The molecule has 1 heterocycles. The number of anilines is 1. The minimum absolute atomic E-state index is 0.00438. The molecule has 0 atom stereocenters. The summed E-state index contributed by atoms with van der Waals surface area (Å²) in [5.74, 6) is 0.125. The van der Waals surface area contributed by atoms with E-state index < -0.39 is 4.92 Å². The highest BCUT2D eigenvalue weighted by Crippen LogP contribution is 2.25. The van der Waals surface area contributed by atoms with E-state index in [0.717, 1.165) is 12.8 Å². The average Bonchev–Trinajstić information content (AvgIpc) is 2.42. The van der Waals surface area contributed by atoms with E-state index in [9.17, 15) is 10.1 Å². The maximum Gasteiger partial charge on any atom is 0.328 e. The van der Waals surface area contributed by atoms with Crippen LogP contribution in [0.4, 0.5) is 11.5 Å². The predicted octanol–water partition coefficient (Wildman–Crippen LogP) is 2.09. The second kappa shape index (κ2) is 8.00. The van der Waals surface area contributed by atoms with Gasteiger partial charge in [0.05, 0.1) is 4.92 Å². The molecule has 0 aliphatic carbocycles. The van der Waals surface area contributed by atoms with Crippen molar-refractivity contribution in [3.8, 4) is 6.07 Å². The first-order valence-electron chi connectivity index (χ1n) is 6.05. The Bertz CT molecular complexity index is 471. The lowest BCUT2D eigenvalue weighted by atomic mass is 10.2. The van der Waals surface area contributed by atoms with Gasteiger partial charge in [0.25, 0.3) is 0 Å². The summed E-state index contributed by atoms with van der Waals surface area (Å²) >= 11 is 0. The third-order valence-electron chi connectivity index (χ3n) is 2.33. The molecule has 0 aromatic carbocycles. The van der Waals surface area contributed by atoms with E-state index in [2.05, 4.69) is 10.3 Å². The summed E-state index contributed by atoms with van der Waals surface area (Å²) in [6.45, 7) is 3.83. The first-order chi connectivity index (χ1) is 9.20. The second-order valence-electron chi connectivity index (χ2n) is 3.82. The highest BCUT2D eigenvalue weighted by molar-refractivity contribution is 5.63. The lowest BCUT2D eigenvalue weighted by molar-refractivity contribution is -0.384. The Labute approximate surface area is 111 Å². The van der Waals surface area contributed by atoms with E-state index in [1.54, 1.807) is 6.07 Å². The summed E-state index contributed by atoms with van der Waals surface area (Å²) in [6, 6.07) is 3.12. The normalized spacial score (nSPS) is 9.89. The molecule has 1 N–H and O–H groups in total. The van der Waals surface area contributed by atoms with Gasteiger partial charge in [-0.15, -0.1) is 0 Å². The molecular weight excluding hydrogens is 248 g/mol. The molecule has 0 spiro atoms. The van der Waals surface area contributed by atoms with Gasteiger partial charge in [-0.1, -0.05) is 6.92 Å². The number of nitro groups is 1. The maximum atomic E-state index is 10.9. The van der Waals surface area contributed by atoms with Crippen molar-refractivity contribution in [2.75, 3.05) is 25.1 Å². The number of aromatic nitrogens is 1. The molecule has 7 nitrogen and oxygen atoms in total. The predicted molar refractivity (Wildman–Crippen MR) is 69.8 cm³/mol. The van der Waals surface area contributed by atoms with Crippen molar-refractivity contribution in [3.05, 3.63) is 27.9 Å². The summed E-state index contributed by atoms with van der Waals surface area (Å²) < 4.78 is 5.30. The van der Waals surface area contributed by atoms with E-state index >= 15 is 0 Å². The largest absolute Gasteiger partial charge is 0.381 e. The van der Waals surface area contributed by atoms with Gasteiger partial charge in [0.2, 0.25) is 5.82 Å². The lowest BCUT2D eigenvalue weighted by Gasteiger charge is -2.07. The van der Waals surface area contributed by atoms with E-state index in [1.165, 1.54) is 12.3 Å². The van der Waals surface area contributed by atoms with Gasteiger partial charge in [0.15, 0.2) is 0 Å². The Morgan fingerprint density at radius 1 is 1.58 bits per heavy atom. The molecule has 1 aromatic rings. The molecule has 0 fully saturated rings. The highest BCUT2D eigenvalue weighted by atomic mass is 16.6. The minimum atomic E-state index is -0.596.